The van der Waals surface area contributed by atoms with E-state index in [0.717, 1.165) is 35.6 Å². The first kappa shape index (κ1) is 24.3. The van der Waals surface area contributed by atoms with Crippen molar-refractivity contribution in [3.63, 3.8) is 0 Å². The van der Waals surface area contributed by atoms with E-state index in [1.807, 2.05) is 24.3 Å². The van der Waals surface area contributed by atoms with Gasteiger partial charge in [-0.15, -0.1) is 0 Å². The second kappa shape index (κ2) is 12.7. The molecule has 2 aromatic carbocycles. The van der Waals surface area contributed by atoms with Crippen LogP contribution in [0.25, 0.3) is 10.8 Å². The van der Waals surface area contributed by atoms with Crippen LogP contribution in [0.3, 0.4) is 0 Å². The molecule has 0 aromatic heterocycles. The zero-order chi connectivity index (χ0) is 18.1. The van der Waals surface area contributed by atoms with Crippen molar-refractivity contribution in [3.8, 4) is 0 Å². The summed E-state index contributed by atoms with van der Waals surface area (Å²) in [6, 6.07) is 10.7. The van der Waals surface area contributed by atoms with E-state index in [1.54, 1.807) is 6.07 Å². The first-order valence-corrected chi connectivity index (χ1v) is 10.9. The molecular formula is C21H29KO3S. The maximum atomic E-state index is 11.4. The van der Waals surface area contributed by atoms with Crippen LogP contribution in [-0.2, 0) is 16.5 Å². The number of unbranched alkanes of at least 4 members (excludes halogenated alkanes) is 8. The fourth-order valence-electron chi connectivity index (χ4n) is 3.34. The fourth-order valence-corrected chi connectivity index (χ4v) is 3.89. The number of benzene rings is 2. The normalized spacial score (nSPS) is 11.5. The Balaban J connectivity index is 0.00000338. The van der Waals surface area contributed by atoms with E-state index in [-0.39, 0.29) is 56.3 Å². The second-order valence-electron chi connectivity index (χ2n) is 6.84. The molecule has 0 aliphatic rings. The summed E-state index contributed by atoms with van der Waals surface area (Å²) in [6.07, 6.45) is 12.1. The zero-order valence-corrected chi connectivity index (χ0v) is 20.1. The molecular weight excluding hydrogens is 371 g/mol. The van der Waals surface area contributed by atoms with Gasteiger partial charge >= 0.3 is 51.4 Å². The van der Waals surface area contributed by atoms with Gasteiger partial charge in [0, 0.05) is 0 Å². The summed E-state index contributed by atoms with van der Waals surface area (Å²) < 4.78 is 34.2. The van der Waals surface area contributed by atoms with Gasteiger partial charge in [-0.2, -0.15) is 0 Å². The minimum atomic E-state index is -4.42. The van der Waals surface area contributed by atoms with E-state index in [1.165, 1.54) is 51.0 Å². The summed E-state index contributed by atoms with van der Waals surface area (Å²) >= 11 is 0. The molecule has 0 unspecified atom stereocenters. The van der Waals surface area contributed by atoms with Crippen molar-refractivity contribution < 1.29 is 64.4 Å². The number of rotatable bonds is 11. The molecule has 0 amide bonds. The first-order valence-electron chi connectivity index (χ1n) is 9.50. The molecule has 0 atom stereocenters. The smallest absolute Gasteiger partial charge is 0.744 e. The van der Waals surface area contributed by atoms with Crippen LogP contribution in [0.1, 0.15) is 70.3 Å². The van der Waals surface area contributed by atoms with Gasteiger partial charge in [-0.25, -0.2) is 8.42 Å². The summed E-state index contributed by atoms with van der Waals surface area (Å²) in [5.41, 5.74) is 0.968. The predicted molar refractivity (Wildman–Crippen MR) is 103 cm³/mol. The van der Waals surface area contributed by atoms with Crippen molar-refractivity contribution in [3.05, 3.63) is 42.0 Å². The monoisotopic (exact) mass is 400 g/mol. The van der Waals surface area contributed by atoms with Crippen LogP contribution in [-0.4, -0.2) is 13.0 Å². The number of fused-ring (bicyclic) bond motifs is 1. The molecule has 138 valence electrons. The molecule has 2 rings (SSSR count). The van der Waals surface area contributed by atoms with Gasteiger partial charge in [0.25, 0.3) is 0 Å². The van der Waals surface area contributed by atoms with Crippen molar-refractivity contribution >= 4 is 20.9 Å². The molecule has 0 heterocycles. The molecule has 0 saturated heterocycles. The van der Waals surface area contributed by atoms with Gasteiger partial charge in [0.15, 0.2) is 0 Å². The fraction of sp³-hybridized carbons (Fsp3) is 0.524. The van der Waals surface area contributed by atoms with Gasteiger partial charge in [-0.3, -0.25) is 0 Å². The van der Waals surface area contributed by atoms with E-state index in [4.69, 9.17) is 0 Å². The van der Waals surface area contributed by atoms with Crippen molar-refractivity contribution in [1.82, 2.24) is 0 Å². The van der Waals surface area contributed by atoms with Crippen LogP contribution in [0.15, 0.2) is 41.3 Å². The van der Waals surface area contributed by atoms with Crippen LogP contribution < -0.4 is 51.4 Å². The summed E-state index contributed by atoms with van der Waals surface area (Å²) in [6.45, 7) is 2.23. The van der Waals surface area contributed by atoms with E-state index in [2.05, 4.69) is 6.92 Å². The average Bonchev–Trinajstić information content (AvgIpc) is 2.59. The summed E-state index contributed by atoms with van der Waals surface area (Å²) in [5.74, 6) is 0. The quantitative estimate of drug-likeness (QED) is 0.331. The van der Waals surface area contributed by atoms with Gasteiger partial charge in [0.2, 0.25) is 0 Å². The average molecular weight is 401 g/mol. The molecule has 0 saturated carbocycles. The van der Waals surface area contributed by atoms with Crippen LogP contribution in [0.4, 0.5) is 0 Å². The summed E-state index contributed by atoms with van der Waals surface area (Å²) in [4.78, 5) is -0.114. The van der Waals surface area contributed by atoms with Crippen LogP contribution >= 0.6 is 0 Å². The molecule has 0 aliphatic heterocycles. The summed E-state index contributed by atoms with van der Waals surface area (Å²) in [5, 5.41) is 1.87. The zero-order valence-electron chi connectivity index (χ0n) is 16.2. The van der Waals surface area contributed by atoms with Gasteiger partial charge in [0.05, 0.1) is 4.90 Å². The predicted octanol–water partition coefficient (Wildman–Crippen LogP) is 2.82. The van der Waals surface area contributed by atoms with Crippen LogP contribution in [0, 0.1) is 0 Å². The Morgan fingerprint density at radius 2 is 1.42 bits per heavy atom. The van der Waals surface area contributed by atoms with Gasteiger partial charge < -0.3 is 4.55 Å². The molecule has 0 bridgehead atoms. The Morgan fingerprint density at radius 3 is 2.04 bits per heavy atom. The standard InChI is InChI=1S/C21H30O3S.K/c1-2-3-4-5-6-7-8-9-10-13-18-16-20(25(22,23)24)17-19-14-11-12-15-21(18)19;/h11-12,14-17H,2-10,13H2,1H3,(H,22,23,24);/q;+1/p-1. The van der Waals surface area contributed by atoms with Crippen molar-refractivity contribution in [2.45, 2.75) is 76.0 Å². The Morgan fingerprint density at radius 1 is 0.846 bits per heavy atom. The topological polar surface area (TPSA) is 57.2 Å². The third-order valence-corrected chi connectivity index (χ3v) is 5.57. The molecule has 26 heavy (non-hydrogen) atoms. The van der Waals surface area contributed by atoms with E-state index < -0.39 is 10.1 Å². The third kappa shape index (κ3) is 8.09. The summed E-state index contributed by atoms with van der Waals surface area (Å²) in [7, 11) is -4.42. The van der Waals surface area contributed by atoms with Gasteiger partial charge in [-0.1, -0.05) is 82.6 Å². The second-order valence-corrected chi connectivity index (χ2v) is 8.22. The largest absolute Gasteiger partial charge is 1.00 e. The van der Waals surface area contributed by atoms with E-state index >= 15 is 0 Å². The number of hydrogen-bond donors (Lipinski definition) is 0. The van der Waals surface area contributed by atoms with E-state index in [0.29, 0.717) is 0 Å². The molecule has 0 spiro atoms. The Bertz CT molecular complexity index is 772. The molecule has 0 aliphatic carbocycles. The minimum Gasteiger partial charge on any atom is -0.744 e. The van der Waals surface area contributed by atoms with Crippen LogP contribution in [0.5, 0.6) is 0 Å². The van der Waals surface area contributed by atoms with Gasteiger partial charge in [-0.05, 0) is 41.3 Å². The van der Waals surface area contributed by atoms with Gasteiger partial charge in [0.1, 0.15) is 10.1 Å². The van der Waals surface area contributed by atoms with Crippen LogP contribution in [0.2, 0.25) is 0 Å². The third-order valence-electron chi connectivity index (χ3n) is 4.76. The molecule has 0 fully saturated rings. The Labute approximate surface area is 201 Å². The Kier molecular flexibility index (Phi) is 11.8. The SMILES string of the molecule is CCCCCCCCCCCc1cc(S(=O)(=O)[O-])cc2ccccc12.[K+]. The van der Waals surface area contributed by atoms with Crippen molar-refractivity contribution in [2.75, 3.05) is 0 Å². The molecule has 0 N–H and O–H groups in total. The van der Waals surface area contributed by atoms with E-state index in [9.17, 15) is 13.0 Å². The maximum Gasteiger partial charge on any atom is 1.00 e. The molecule has 5 heteroatoms. The maximum absolute atomic E-state index is 11.4. The first-order chi connectivity index (χ1) is 12.0. The van der Waals surface area contributed by atoms with Crippen molar-refractivity contribution in [1.29, 1.82) is 0 Å². The number of aryl methyl sites for hydroxylation is 1. The Hall–Kier alpha value is 0.246. The molecule has 0 radical (unpaired) electrons. The number of hydrogen-bond acceptors (Lipinski definition) is 3. The molecule has 3 nitrogen and oxygen atoms in total. The minimum absolute atomic E-state index is 0. The molecule has 2 aromatic rings. The van der Waals surface area contributed by atoms with Crippen molar-refractivity contribution in [2.24, 2.45) is 0 Å².